The fourth-order valence-electron chi connectivity index (χ4n) is 7.00. The molecule has 1 aliphatic carbocycles. The maximum Gasteiger partial charge on any atom is 0.246 e. The van der Waals surface area contributed by atoms with E-state index in [0.717, 1.165) is 22.3 Å². The van der Waals surface area contributed by atoms with Gasteiger partial charge in [0.1, 0.15) is 36.3 Å². The van der Waals surface area contributed by atoms with Gasteiger partial charge in [0.15, 0.2) is 6.29 Å². The molecule has 3 aliphatic rings. The van der Waals surface area contributed by atoms with Crippen LogP contribution in [0.25, 0.3) is 11.1 Å². The summed E-state index contributed by atoms with van der Waals surface area (Å²) >= 11 is 0. The largest absolute Gasteiger partial charge is 0.391 e. The predicted molar refractivity (Wildman–Crippen MR) is 181 cm³/mol. The molecule has 6 N–H and O–H groups in total. The molecule has 0 bridgehead atoms. The Morgan fingerprint density at radius 2 is 1.73 bits per heavy atom. The Morgan fingerprint density at radius 3 is 2.37 bits per heavy atom. The highest BCUT2D eigenvalue weighted by Crippen LogP contribution is 2.51. The van der Waals surface area contributed by atoms with Gasteiger partial charge in [-0.05, 0) is 86.0 Å². The Balaban J connectivity index is 1.57. The lowest BCUT2D eigenvalue weighted by atomic mass is 9.85. The number of ether oxygens (including phenoxy) is 2. The summed E-state index contributed by atoms with van der Waals surface area (Å²) in [6.07, 6.45) is -7.51. The fourth-order valence-corrected chi connectivity index (χ4v) is 7.00. The van der Waals surface area contributed by atoms with E-state index in [2.05, 4.69) is 10.6 Å². The van der Waals surface area contributed by atoms with Crippen LogP contribution in [0.4, 0.5) is 4.39 Å². The molecular weight excluding hydrogens is 633 g/mol. The van der Waals surface area contributed by atoms with Gasteiger partial charge in [-0.15, -0.1) is 0 Å². The Kier molecular flexibility index (Phi) is 11.0. The number of aryl methyl sites for hydroxylation is 1. The third-order valence-corrected chi connectivity index (χ3v) is 9.98. The average Bonchev–Trinajstić information content (AvgIpc) is 3.56. The van der Waals surface area contributed by atoms with Crippen LogP contribution in [0.15, 0.2) is 42.5 Å². The molecular formula is C37H50FN3O8. The molecule has 2 fully saturated rings. The second kappa shape index (κ2) is 14.6. The van der Waals surface area contributed by atoms with Gasteiger partial charge in [-0.3, -0.25) is 9.59 Å². The lowest BCUT2D eigenvalue weighted by Crippen LogP contribution is -2.58. The third kappa shape index (κ3) is 7.61. The number of benzene rings is 2. The Morgan fingerprint density at radius 1 is 1.06 bits per heavy atom. The first kappa shape index (κ1) is 37.0. The first-order chi connectivity index (χ1) is 23.0. The van der Waals surface area contributed by atoms with E-state index in [1.54, 1.807) is 37.9 Å². The van der Waals surface area contributed by atoms with E-state index in [1.807, 2.05) is 45.9 Å². The van der Waals surface area contributed by atoms with Gasteiger partial charge in [-0.2, -0.15) is 0 Å². The lowest BCUT2D eigenvalue weighted by Gasteiger charge is -2.40. The van der Waals surface area contributed by atoms with Gasteiger partial charge in [-0.1, -0.05) is 56.7 Å². The van der Waals surface area contributed by atoms with Crippen molar-refractivity contribution in [3.8, 4) is 0 Å². The highest BCUT2D eigenvalue weighted by Gasteiger charge is 2.47. The number of likely N-dealkylation sites (N-methyl/N-ethyl adjacent to an activating group) is 1. The normalized spacial score (nSPS) is 29.9. The second-order valence-electron chi connectivity index (χ2n) is 14.7. The molecule has 12 heteroatoms. The number of β-amino-alcohol motifs (C(OH)–C–C–N with tert-alkyl or cyclic N) is 1. The zero-order valence-electron chi connectivity index (χ0n) is 29.2. The van der Waals surface area contributed by atoms with E-state index in [0.29, 0.717) is 24.0 Å². The van der Waals surface area contributed by atoms with E-state index in [4.69, 9.17) is 9.47 Å². The molecule has 11 nitrogen and oxygen atoms in total. The molecule has 0 spiro atoms. The van der Waals surface area contributed by atoms with Crippen LogP contribution in [-0.4, -0.2) is 106 Å². The van der Waals surface area contributed by atoms with Crippen LogP contribution in [0.5, 0.6) is 0 Å². The van der Waals surface area contributed by atoms with Crippen molar-refractivity contribution < 1.29 is 43.9 Å². The molecule has 0 aromatic heterocycles. The van der Waals surface area contributed by atoms with E-state index in [1.165, 1.54) is 12.1 Å². The molecule has 2 aromatic rings. The zero-order valence-corrected chi connectivity index (χ0v) is 29.2. The van der Waals surface area contributed by atoms with E-state index < -0.39 is 72.3 Å². The molecule has 2 aromatic carbocycles. The minimum atomic E-state index is -1.55. The number of nitrogens with one attached hydrogen (secondary N) is 2. The van der Waals surface area contributed by atoms with Gasteiger partial charge >= 0.3 is 0 Å². The Bertz CT molecular complexity index is 1560. The maximum atomic E-state index is 14.3. The summed E-state index contributed by atoms with van der Waals surface area (Å²) in [5.41, 5.74) is 4.04. The number of fused-ring (bicyclic) bond motifs is 1. The van der Waals surface area contributed by atoms with Gasteiger partial charge in [0.2, 0.25) is 11.8 Å². The van der Waals surface area contributed by atoms with Crippen molar-refractivity contribution in [3.05, 3.63) is 70.5 Å². The number of hydrogen-bond acceptors (Lipinski definition) is 9. The van der Waals surface area contributed by atoms with Crippen molar-refractivity contribution in [2.75, 3.05) is 13.6 Å². The van der Waals surface area contributed by atoms with E-state index in [9.17, 15) is 34.4 Å². The summed E-state index contributed by atoms with van der Waals surface area (Å²) in [5.74, 6) is -1.04. The molecule has 2 heterocycles. The van der Waals surface area contributed by atoms with Crippen LogP contribution in [0.3, 0.4) is 0 Å². The van der Waals surface area contributed by atoms with Crippen LogP contribution in [0.1, 0.15) is 75.8 Å². The second-order valence-corrected chi connectivity index (χ2v) is 14.7. The molecule has 268 valence electrons. The molecule has 2 aliphatic heterocycles. The van der Waals surface area contributed by atoms with Gasteiger partial charge in [0.05, 0.1) is 18.2 Å². The highest BCUT2D eigenvalue weighted by atomic mass is 19.1. The number of carbonyl (C=O) groups excluding carboxylic acids is 2. The smallest absolute Gasteiger partial charge is 0.246 e. The van der Waals surface area contributed by atoms with Crippen molar-refractivity contribution >= 4 is 23.0 Å². The number of nitrogens with zero attached hydrogens (tertiary/aromatic N) is 1. The summed E-state index contributed by atoms with van der Waals surface area (Å²) in [6, 6.07) is 9.97. The fraction of sp³-hybridized carbons (Fsp3) is 0.568. The van der Waals surface area contributed by atoms with Crippen LogP contribution in [-0.2, 0) is 19.1 Å². The quantitative estimate of drug-likeness (QED) is 0.233. The van der Waals surface area contributed by atoms with E-state index in [-0.39, 0.29) is 18.4 Å². The summed E-state index contributed by atoms with van der Waals surface area (Å²) in [4.78, 5) is 28.9. The van der Waals surface area contributed by atoms with Crippen molar-refractivity contribution in [2.24, 2.45) is 5.41 Å². The minimum Gasteiger partial charge on any atom is -0.391 e. The van der Waals surface area contributed by atoms with Crippen molar-refractivity contribution in [1.29, 1.82) is 0 Å². The van der Waals surface area contributed by atoms with Crippen LogP contribution in [0, 0.1) is 18.2 Å². The Hall–Kier alpha value is -3.23. The standard InChI is InChI=1S/C37H50FN3O8/c1-18-8-13-25-26(14-18)27(16-23-15-24(42)17-41(23)35(47)33(37(4,5)6)40-34(46)19(2)39-7)28(21-9-11-22(38)12-10-21)32(25)49-36-31(45)30(44)29(43)20(3)48-36/h8-14,19-20,23-24,29-33,36,39,42-45H,15-17H2,1-7H3,(H,40,46)/t19-,20-,23-,24-,29+,30+,31-,32?,33+,36?/m0/s1. The van der Waals surface area contributed by atoms with Crippen molar-refractivity contribution in [3.63, 3.8) is 0 Å². The Labute approximate surface area is 287 Å². The average molecular weight is 684 g/mol. The number of halogens is 1. The minimum absolute atomic E-state index is 0.0908. The molecule has 10 atom stereocenters. The number of amides is 2. The first-order valence-corrected chi connectivity index (χ1v) is 16.9. The number of aliphatic hydroxyl groups is 4. The lowest BCUT2D eigenvalue weighted by molar-refractivity contribution is -0.299. The van der Waals surface area contributed by atoms with Gasteiger partial charge in [-0.25, -0.2) is 4.39 Å². The number of carbonyl (C=O) groups is 2. The van der Waals surface area contributed by atoms with Crippen LogP contribution in [0.2, 0.25) is 0 Å². The molecule has 2 amide bonds. The molecule has 2 saturated heterocycles. The highest BCUT2D eigenvalue weighted by molar-refractivity contribution is 5.99. The summed E-state index contributed by atoms with van der Waals surface area (Å²) in [6.45, 7) is 11.0. The first-order valence-electron chi connectivity index (χ1n) is 16.9. The maximum absolute atomic E-state index is 14.3. The monoisotopic (exact) mass is 683 g/mol. The van der Waals surface area contributed by atoms with E-state index >= 15 is 0 Å². The van der Waals surface area contributed by atoms with Crippen molar-refractivity contribution in [2.45, 2.75) is 115 Å². The molecule has 49 heavy (non-hydrogen) atoms. The SMILES string of the molecule is CN[C@@H](C)C(=O)N[C@H](C(=O)N1C[C@@H](O)C[C@H]1CC1=C(c2ccc(F)cc2)C(OC2O[C@@H](C)[C@@H](O)[C@@H](O)[C@@H]2O)c2ccc(C)cc21)C(C)(C)C. The summed E-state index contributed by atoms with van der Waals surface area (Å²) in [5, 5.41) is 48.5. The van der Waals surface area contributed by atoms with Gasteiger partial charge in [0.25, 0.3) is 0 Å². The van der Waals surface area contributed by atoms with Crippen LogP contribution >= 0.6 is 0 Å². The van der Waals surface area contributed by atoms with Crippen LogP contribution < -0.4 is 10.6 Å². The topological polar surface area (TPSA) is 161 Å². The molecule has 0 saturated carbocycles. The molecule has 5 rings (SSSR count). The summed E-state index contributed by atoms with van der Waals surface area (Å²) < 4.78 is 26.5. The third-order valence-electron chi connectivity index (χ3n) is 9.98. The number of aliphatic hydroxyl groups excluding tert-OH is 4. The number of likely N-dealkylation sites (tertiary alicyclic amines) is 1. The molecule has 0 radical (unpaired) electrons. The van der Waals surface area contributed by atoms with Crippen molar-refractivity contribution in [1.82, 2.24) is 15.5 Å². The predicted octanol–water partition coefficient (Wildman–Crippen LogP) is 2.43. The summed E-state index contributed by atoms with van der Waals surface area (Å²) in [7, 11) is 1.67. The number of hydrogen-bond donors (Lipinski definition) is 6. The zero-order chi connectivity index (χ0) is 35.9. The molecule has 2 unspecified atom stereocenters. The van der Waals surface area contributed by atoms with Gasteiger partial charge in [0, 0.05) is 12.6 Å². The van der Waals surface area contributed by atoms with Gasteiger partial charge < -0.3 is 45.4 Å². The number of rotatable bonds is 9.